The summed E-state index contributed by atoms with van der Waals surface area (Å²) in [6.45, 7) is 4.57. The zero-order chi connectivity index (χ0) is 17.6. The van der Waals surface area contributed by atoms with E-state index in [1.165, 1.54) is 11.1 Å². The summed E-state index contributed by atoms with van der Waals surface area (Å²) in [5, 5.41) is 22.6. The van der Waals surface area contributed by atoms with E-state index in [0.29, 0.717) is 11.6 Å². The van der Waals surface area contributed by atoms with Gasteiger partial charge in [0.15, 0.2) is 0 Å². The first kappa shape index (κ1) is 17.6. The molecule has 4 heteroatoms. The lowest BCUT2D eigenvalue weighted by molar-refractivity contribution is 0.172. The van der Waals surface area contributed by atoms with Gasteiger partial charge in [-0.3, -0.25) is 4.90 Å². The van der Waals surface area contributed by atoms with Gasteiger partial charge in [0.05, 0.1) is 17.7 Å². The highest BCUT2D eigenvalue weighted by Crippen LogP contribution is 2.21. The number of nitrogens with one attached hydrogen (secondary N) is 1. The van der Waals surface area contributed by atoms with Crippen LogP contribution >= 0.6 is 0 Å². The third-order valence-electron chi connectivity index (χ3n) is 4.93. The Morgan fingerprint density at radius 1 is 1.20 bits per heavy atom. The quantitative estimate of drug-likeness (QED) is 0.852. The van der Waals surface area contributed by atoms with E-state index in [4.69, 9.17) is 5.26 Å². The number of β-amino-alcohol motifs (C(OH)–C–C–N with tert-alkyl or cyclic N) is 1. The normalized spacial score (nSPS) is 21.8. The first-order valence-electron chi connectivity index (χ1n) is 8.85. The molecule has 1 saturated heterocycles. The minimum atomic E-state index is -0.249. The molecule has 1 aliphatic rings. The minimum absolute atomic E-state index is 0.212. The number of aliphatic hydroxyl groups excluding tert-OH is 1. The molecule has 0 aromatic heterocycles. The first-order chi connectivity index (χ1) is 12.2. The highest BCUT2D eigenvalue weighted by Gasteiger charge is 2.30. The summed E-state index contributed by atoms with van der Waals surface area (Å²) in [4.78, 5) is 2.36. The predicted octanol–water partition coefficient (Wildman–Crippen LogP) is 2.84. The average molecular weight is 335 g/mol. The molecule has 25 heavy (non-hydrogen) atoms. The van der Waals surface area contributed by atoms with Crippen molar-refractivity contribution < 1.29 is 5.11 Å². The Morgan fingerprint density at radius 3 is 2.60 bits per heavy atom. The molecular formula is C21H25N3O. The second kappa shape index (κ2) is 8.26. The molecule has 130 valence electrons. The summed E-state index contributed by atoms with van der Waals surface area (Å²) in [6, 6.07) is 20.8. The van der Waals surface area contributed by atoms with Crippen LogP contribution in [0.1, 0.15) is 36.1 Å². The van der Waals surface area contributed by atoms with Crippen LogP contribution in [-0.2, 0) is 6.54 Å². The van der Waals surface area contributed by atoms with Crippen molar-refractivity contribution in [3.8, 4) is 6.07 Å². The third kappa shape index (κ3) is 4.67. The number of aliphatic hydroxyl groups is 1. The largest absolute Gasteiger partial charge is 0.392 e. The van der Waals surface area contributed by atoms with Crippen LogP contribution in [0.2, 0.25) is 0 Å². The molecule has 0 unspecified atom stereocenters. The van der Waals surface area contributed by atoms with Crippen molar-refractivity contribution >= 4 is 0 Å². The number of benzene rings is 2. The van der Waals surface area contributed by atoms with Crippen molar-refractivity contribution in [3.63, 3.8) is 0 Å². The molecule has 1 fully saturated rings. The average Bonchev–Trinajstić information content (AvgIpc) is 3.00. The Morgan fingerprint density at radius 2 is 1.92 bits per heavy atom. The Labute approximate surface area is 149 Å². The van der Waals surface area contributed by atoms with Crippen molar-refractivity contribution in [1.82, 2.24) is 10.2 Å². The van der Waals surface area contributed by atoms with Crippen LogP contribution in [0.15, 0.2) is 54.6 Å². The van der Waals surface area contributed by atoms with E-state index >= 15 is 0 Å². The molecule has 0 radical (unpaired) electrons. The van der Waals surface area contributed by atoms with Crippen LogP contribution < -0.4 is 5.32 Å². The fraction of sp³-hybridized carbons (Fsp3) is 0.381. The lowest BCUT2D eigenvalue weighted by atomic mass is 10.1. The Hall–Kier alpha value is -2.19. The second-order valence-corrected chi connectivity index (χ2v) is 6.82. The van der Waals surface area contributed by atoms with Gasteiger partial charge in [0.25, 0.3) is 0 Å². The van der Waals surface area contributed by atoms with Gasteiger partial charge in [0.1, 0.15) is 0 Å². The summed E-state index contributed by atoms with van der Waals surface area (Å²) < 4.78 is 0. The molecule has 4 nitrogen and oxygen atoms in total. The molecule has 3 atom stereocenters. The summed E-state index contributed by atoms with van der Waals surface area (Å²) in [5.41, 5.74) is 3.14. The Bertz CT molecular complexity index is 708. The Balaban J connectivity index is 1.57. The Kier molecular flexibility index (Phi) is 5.83. The molecule has 3 rings (SSSR count). The van der Waals surface area contributed by atoms with E-state index < -0.39 is 0 Å². The van der Waals surface area contributed by atoms with E-state index in [9.17, 15) is 5.11 Å². The van der Waals surface area contributed by atoms with Gasteiger partial charge in [-0.2, -0.15) is 5.26 Å². The predicted molar refractivity (Wildman–Crippen MR) is 98.8 cm³/mol. The minimum Gasteiger partial charge on any atom is -0.392 e. The number of nitrogens with zero attached hydrogens (tertiary/aromatic N) is 2. The highest BCUT2D eigenvalue weighted by molar-refractivity contribution is 5.32. The molecule has 0 spiro atoms. The van der Waals surface area contributed by atoms with Crippen molar-refractivity contribution in [1.29, 1.82) is 5.26 Å². The highest BCUT2D eigenvalue weighted by atomic mass is 16.3. The standard InChI is InChI=1S/C21H25N3O/c1-16(19-9-7-17(12-22)8-10-19)23-13-20-11-21(25)15-24(20)14-18-5-3-2-4-6-18/h2-10,16,20-21,23,25H,11,13-15H2,1H3/t16-,20-,21+/m0/s1. The molecule has 0 aliphatic carbocycles. The van der Waals surface area contributed by atoms with Gasteiger partial charge in [-0.1, -0.05) is 42.5 Å². The van der Waals surface area contributed by atoms with Crippen LogP contribution in [-0.4, -0.2) is 35.2 Å². The van der Waals surface area contributed by atoms with Crippen molar-refractivity contribution in [2.24, 2.45) is 0 Å². The molecular weight excluding hydrogens is 310 g/mol. The van der Waals surface area contributed by atoms with Gasteiger partial charge in [0.2, 0.25) is 0 Å². The maximum Gasteiger partial charge on any atom is 0.0991 e. The van der Waals surface area contributed by atoms with Gasteiger partial charge < -0.3 is 10.4 Å². The van der Waals surface area contributed by atoms with E-state index in [1.54, 1.807) is 0 Å². The van der Waals surface area contributed by atoms with Crippen molar-refractivity contribution in [2.75, 3.05) is 13.1 Å². The zero-order valence-corrected chi connectivity index (χ0v) is 14.6. The zero-order valence-electron chi connectivity index (χ0n) is 14.6. The van der Waals surface area contributed by atoms with Gasteiger partial charge in [-0.15, -0.1) is 0 Å². The number of hydrogen-bond donors (Lipinski definition) is 2. The lowest BCUT2D eigenvalue weighted by Gasteiger charge is -2.26. The maximum absolute atomic E-state index is 10.1. The molecule has 1 heterocycles. The second-order valence-electron chi connectivity index (χ2n) is 6.82. The van der Waals surface area contributed by atoms with E-state index in [1.807, 2.05) is 30.3 Å². The van der Waals surface area contributed by atoms with Gasteiger partial charge in [-0.05, 0) is 36.6 Å². The molecule has 0 bridgehead atoms. The van der Waals surface area contributed by atoms with Crippen LogP contribution in [0.5, 0.6) is 0 Å². The monoisotopic (exact) mass is 335 g/mol. The lowest BCUT2D eigenvalue weighted by Crippen LogP contribution is -2.38. The number of likely N-dealkylation sites (tertiary alicyclic amines) is 1. The summed E-state index contributed by atoms with van der Waals surface area (Å²) in [6.07, 6.45) is 0.556. The van der Waals surface area contributed by atoms with Gasteiger partial charge in [0, 0.05) is 31.7 Å². The molecule has 2 aromatic carbocycles. The number of rotatable bonds is 6. The third-order valence-corrected chi connectivity index (χ3v) is 4.93. The number of hydrogen-bond acceptors (Lipinski definition) is 4. The fourth-order valence-electron chi connectivity index (χ4n) is 3.46. The van der Waals surface area contributed by atoms with Gasteiger partial charge in [-0.25, -0.2) is 0 Å². The molecule has 0 saturated carbocycles. The van der Waals surface area contributed by atoms with Crippen LogP contribution in [0.3, 0.4) is 0 Å². The summed E-state index contributed by atoms with van der Waals surface area (Å²) in [5.74, 6) is 0. The topological polar surface area (TPSA) is 59.3 Å². The summed E-state index contributed by atoms with van der Waals surface area (Å²) >= 11 is 0. The first-order valence-corrected chi connectivity index (χ1v) is 8.85. The smallest absolute Gasteiger partial charge is 0.0991 e. The van der Waals surface area contributed by atoms with E-state index in [-0.39, 0.29) is 12.1 Å². The van der Waals surface area contributed by atoms with Gasteiger partial charge >= 0.3 is 0 Å². The number of nitriles is 1. The van der Waals surface area contributed by atoms with Crippen molar-refractivity contribution in [2.45, 2.75) is 38.1 Å². The van der Waals surface area contributed by atoms with E-state index in [0.717, 1.165) is 26.1 Å². The molecule has 0 amide bonds. The van der Waals surface area contributed by atoms with Crippen LogP contribution in [0.4, 0.5) is 0 Å². The molecule has 1 aliphatic heterocycles. The van der Waals surface area contributed by atoms with Crippen LogP contribution in [0, 0.1) is 11.3 Å². The SMILES string of the molecule is C[C@H](NC[C@@H]1C[C@@H](O)CN1Cc1ccccc1)c1ccc(C#N)cc1. The fourth-order valence-corrected chi connectivity index (χ4v) is 3.46. The summed E-state index contributed by atoms with van der Waals surface area (Å²) in [7, 11) is 0. The van der Waals surface area contributed by atoms with E-state index in [2.05, 4.69) is 47.5 Å². The molecule has 2 aromatic rings. The van der Waals surface area contributed by atoms with Crippen LogP contribution in [0.25, 0.3) is 0 Å². The maximum atomic E-state index is 10.1. The van der Waals surface area contributed by atoms with Crippen molar-refractivity contribution in [3.05, 3.63) is 71.3 Å². The molecule has 2 N–H and O–H groups in total.